The van der Waals surface area contributed by atoms with Gasteiger partial charge in [-0.1, -0.05) is 0 Å². The number of benzene rings is 1. The fraction of sp³-hybridized carbons (Fsp3) is 0.600. The van der Waals surface area contributed by atoms with Gasteiger partial charge in [0.25, 0.3) is 5.69 Å². The number of ether oxygens (including phenoxy) is 2. The van der Waals surface area contributed by atoms with E-state index in [1.807, 2.05) is 6.92 Å². The van der Waals surface area contributed by atoms with Crippen molar-refractivity contribution in [2.45, 2.75) is 42.7 Å². The second kappa shape index (κ2) is 6.69. The number of hydrogen-bond acceptors (Lipinski definition) is 6. The molecule has 1 aromatic rings. The summed E-state index contributed by atoms with van der Waals surface area (Å²) in [6.07, 6.45) is -4.60. The fourth-order valence-electron chi connectivity index (χ4n) is 3.18. The number of piperidine rings is 1. The fourth-order valence-corrected chi connectivity index (χ4v) is 4.69. The molecule has 0 amide bonds. The minimum absolute atomic E-state index is 0.0287. The number of nitro groups is 1. The van der Waals surface area contributed by atoms with Crippen LogP contribution in [0, 0.1) is 10.1 Å². The Hall–Kier alpha value is -1.76. The zero-order valence-electron chi connectivity index (χ0n) is 14.2. The Kier molecular flexibility index (Phi) is 4.95. The smallest absolute Gasteiger partial charge is 0.347 e. The molecule has 3 rings (SSSR count). The van der Waals surface area contributed by atoms with Crippen molar-refractivity contribution in [2.75, 3.05) is 19.7 Å². The Morgan fingerprint density at radius 3 is 2.37 bits per heavy atom. The second-order valence-corrected chi connectivity index (χ2v) is 8.46. The van der Waals surface area contributed by atoms with Crippen LogP contribution in [0.2, 0.25) is 0 Å². The van der Waals surface area contributed by atoms with Crippen LogP contribution in [0.15, 0.2) is 23.1 Å². The van der Waals surface area contributed by atoms with Crippen LogP contribution in [0.5, 0.6) is 0 Å². The Morgan fingerprint density at radius 2 is 1.89 bits per heavy atom. The van der Waals surface area contributed by atoms with Gasteiger partial charge in [0.05, 0.1) is 28.1 Å². The molecule has 0 N–H and O–H groups in total. The third-order valence-electron chi connectivity index (χ3n) is 4.55. The summed E-state index contributed by atoms with van der Waals surface area (Å²) in [6.45, 7) is 2.14. The molecule has 2 fully saturated rings. The molecule has 0 aromatic heterocycles. The van der Waals surface area contributed by atoms with Gasteiger partial charge in [-0.15, -0.1) is 0 Å². The molecule has 0 saturated carbocycles. The normalized spacial score (nSPS) is 23.6. The Labute approximate surface area is 153 Å². The minimum atomic E-state index is -4.91. The highest BCUT2D eigenvalue weighted by Gasteiger charge is 2.45. The van der Waals surface area contributed by atoms with Gasteiger partial charge in [0.2, 0.25) is 10.0 Å². The summed E-state index contributed by atoms with van der Waals surface area (Å²) in [4.78, 5) is 9.12. The van der Waals surface area contributed by atoms with Crippen molar-refractivity contribution in [1.82, 2.24) is 4.31 Å². The predicted octanol–water partition coefficient (Wildman–Crippen LogP) is 2.53. The molecule has 27 heavy (non-hydrogen) atoms. The standard InChI is InChI=1S/C15H17F3N2O6S/c1-10-9-25-14(26-10)2-4-19(5-3-14)27(23,24)13-7-11(15(16,17)18)6-12(8-13)20(21)22/h6-8,10H,2-5,9H2,1H3/t10-/m0/s1. The lowest BCUT2D eigenvalue weighted by Crippen LogP contribution is -2.47. The van der Waals surface area contributed by atoms with Crippen LogP contribution >= 0.6 is 0 Å². The van der Waals surface area contributed by atoms with Gasteiger partial charge < -0.3 is 9.47 Å². The number of nitrogens with zero attached hydrogens (tertiary/aromatic N) is 2. The van der Waals surface area contributed by atoms with Gasteiger partial charge in [-0.05, 0) is 13.0 Å². The molecule has 2 aliphatic heterocycles. The van der Waals surface area contributed by atoms with Gasteiger partial charge in [-0.3, -0.25) is 10.1 Å². The first kappa shape index (κ1) is 20.0. The lowest BCUT2D eigenvalue weighted by atomic mass is 10.1. The van der Waals surface area contributed by atoms with Crippen molar-refractivity contribution >= 4 is 15.7 Å². The SMILES string of the molecule is C[C@H]1COC2(CCN(S(=O)(=O)c3cc([N+](=O)[O-])cc(C(F)(F)F)c3)CC2)O1. The number of rotatable bonds is 3. The zero-order valence-corrected chi connectivity index (χ0v) is 15.0. The lowest BCUT2D eigenvalue weighted by Gasteiger charge is -2.37. The Bertz CT molecular complexity index is 850. The van der Waals surface area contributed by atoms with E-state index in [-0.39, 0.29) is 32.0 Å². The number of hydrogen-bond donors (Lipinski definition) is 0. The van der Waals surface area contributed by atoms with Gasteiger partial charge in [0.1, 0.15) is 0 Å². The highest BCUT2D eigenvalue weighted by atomic mass is 32.2. The van der Waals surface area contributed by atoms with E-state index in [0.717, 1.165) is 4.31 Å². The summed E-state index contributed by atoms with van der Waals surface area (Å²) >= 11 is 0. The molecule has 0 bridgehead atoms. The largest absolute Gasteiger partial charge is 0.416 e. The number of non-ortho nitro benzene ring substituents is 1. The average Bonchev–Trinajstić information content (AvgIpc) is 2.94. The van der Waals surface area contributed by atoms with E-state index in [0.29, 0.717) is 24.8 Å². The molecule has 12 heteroatoms. The summed E-state index contributed by atoms with van der Waals surface area (Å²) in [6, 6.07) is 1.36. The summed E-state index contributed by atoms with van der Waals surface area (Å²) < 4.78 is 76.8. The summed E-state index contributed by atoms with van der Waals surface area (Å²) in [7, 11) is -4.34. The number of alkyl halides is 3. The molecule has 1 aromatic carbocycles. The molecule has 2 aliphatic rings. The molecule has 1 atom stereocenters. The van der Waals surface area contributed by atoms with Crippen molar-refractivity contribution in [3.05, 3.63) is 33.9 Å². The Morgan fingerprint density at radius 1 is 1.26 bits per heavy atom. The van der Waals surface area contributed by atoms with Gasteiger partial charge in [-0.25, -0.2) is 8.42 Å². The lowest BCUT2D eigenvalue weighted by molar-refractivity contribution is -0.385. The third-order valence-corrected chi connectivity index (χ3v) is 6.42. The second-order valence-electron chi connectivity index (χ2n) is 6.52. The van der Waals surface area contributed by atoms with Crippen molar-refractivity contribution in [3.8, 4) is 0 Å². The van der Waals surface area contributed by atoms with Crippen LogP contribution in [0.25, 0.3) is 0 Å². The van der Waals surface area contributed by atoms with Crippen molar-refractivity contribution in [2.24, 2.45) is 0 Å². The monoisotopic (exact) mass is 410 g/mol. The minimum Gasteiger partial charge on any atom is -0.347 e. The summed E-state index contributed by atoms with van der Waals surface area (Å²) in [5.41, 5.74) is -2.33. The van der Waals surface area contributed by atoms with Crippen LogP contribution in [0.1, 0.15) is 25.3 Å². The molecule has 0 radical (unpaired) electrons. The molecule has 0 aliphatic carbocycles. The van der Waals surface area contributed by atoms with Crippen LogP contribution in [0.3, 0.4) is 0 Å². The molecule has 0 unspecified atom stereocenters. The van der Waals surface area contributed by atoms with Gasteiger partial charge in [0, 0.05) is 38.1 Å². The summed E-state index contributed by atoms with van der Waals surface area (Å²) in [5.74, 6) is -0.884. The van der Waals surface area contributed by atoms with E-state index in [9.17, 15) is 31.7 Å². The Balaban J connectivity index is 1.89. The van der Waals surface area contributed by atoms with E-state index < -0.39 is 43.1 Å². The van der Waals surface area contributed by atoms with Crippen molar-refractivity contribution < 1.29 is 36.0 Å². The molecule has 8 nitrogen and oxygen atoms in total. The third kappa shape index (κ3) is 3.93. The van der Waals surface area contributed by atoms with Gasteiger partial charge in [-0.2, -0.15) is 17.5 Å². The van der Waals surface area contributed by atoms with Gasteiger partial charge in [0.15, 0.2) is 5.79 Å². The van der Waals surface area contributed by atoms with E-state index >= 15 is 0 Å². The van der Waals surface area contributed by atoms with Crippen LogP contribution in [-0.4, -0.2) is 49.2 Å². The maximum Gasteiger partial charge on any atom is 0.416 e. The van der Waals surface area contributed by atoms with E-state index in [4.69, 9.17) is 9.47 Å². The highest BCUT2D eigenvalue weighted by molar-refractivity contribution is 7.89. The quantitative estimate of drug-likeness (QED) is 0.561. The number of halogens is 3. The molecular formula is C15H17F3N2O6S. The molecule has 2 heterocycles. The van der Waals surface area contributed by atoms with E-state index in [2.05, 4.69) is 0 Å². The molecule has 1 spiro atoms. The van der Waals surface area contributed by atoms with Gasteiger partial charge >= 0.3 is 6.18 Å². The average molecular weight is 410 g/mol. The first-order valence-electron chi connectivity index (χ1n) is 8.12. The van der Waals surface area contributed by atoms with Crippen LogP contribution in [0.4, 0.5) is 18.9 Å². The van der Waals surface area contributed by atoms with Crippen molar-refractivity contribution in [3.63, 3.8) is 0 Å². The van der Waals surface area contributed by atoms with E-state index in [1.165, 1.54) is 0 Å². The molecule has 150 valence electrons. The number of nitro benzene ring substituents is 1. The first-order valence-corrected chi connectivity index (χ1v) is 9.56. The first-order chi connectivity index (χ1) is 12.4. The maximum absolute atomic E-state index is 13.0. The summed E-state index contributed by atoms with van der Waals surface area (Å²) in [5, 5.41) is 10.9. The molecular weight excluding hydrogens is 393 g/mol. The topological polar surface area (TPSA) is 99.0 Å². The molecule has 2 saturated heterocycles. The predicted molar refractivity (Wildman–Crippen MR) is 85.3 cm³/mol. The van der Waals surface area contributed by atoms with Crippen LogP contribution in [-0.2, 0) is 25.7 Å². The zero-order chi connectivity index (χ0) is 20.0. The van der Waals surface area contributed by atoms with Crippen molar-refractivity contribution in [1.29, 1.82) is 0 Å². The number of sulfonamides is 1. The highest BCUT2D eigenvalue weighted by Crippen LogP contribution is 2.37. The van der Waals surface area contributed by atoms with Crippen LogP contribution < -0.4 is 0 Å². The van der Waals surface area contributed by atoms with E-state index in [1.54, 1.807) is 0 Å². The maximum atomic E-state index is 13.0.